The fourth-order valence-corrected chi connectivity index (χ4v) is 3.15. The number of guanidine groups is 1. The number of aromatic nitrogens is 1. The van der Waals surface area contributed by atoms with Crippen molar-refractivity contribution >= 4 is 11.6 Å². The molecule has 2 aromatic rings. The lowest BCUT2D eigenvalue weighted by Gasteiger charge is -2.37. The highest BCUT2D eigenvalue weighted by Crippen LogP contribution is 2.20. The molecule has 1 N–H and O–H groups in total. The third kappa shape index (κ3) is 4.93. The van der Waals surface area contributed by atoms with Gasteiger partial charge in [-0.3, -0.25) is 0 Å². The van der Waals surface area contributed by atoms with Crippen molar-refractivity contribution in [1.82, 2.24) is 15.4 Å². The molecule has 1 aliphatic heterocycles. The summed E-state index contributed by atoms with van der Waals surface area (Å²) in [6, 6.07) is 10.2. The predicted octanol–water partition coefficient (Wildman–Crippen LogP) is 2.53. The van der Waals surface area contributed by atoms with Crippen molar-refractivity contribution in [1.29, 1.82) is 0 Å². The molecule has 1 fully saturated rings. The maximum Gasteiger partial charge on any atom is 0.194 e. The van der Waals surface area contributed by atoms with Gasteiger partial charge in [0.15, 0.2) is 11.7 Å². The van der Waals surface area contributed by atoms with E-state index in [0.717, 1.165) is 62.3 Å². The Morgan fingerprint density at radius 1 is 1.19 bits per heavy atom. The van der Waals surface area contributed by atoms with Crippen LogP contribution in [0.1, 0.15) is 25.3 Å². The fourth-order valence-electron chi connectivity index (χ4n) is 3.15. The minimum Gasteiger partial charge on any atom is -0.497 e. The van der Waals surface area contributed by atoms with Gasteiger partial charge in [-0.15, -0.1) is 0 Å². The molecular formula is C20H29N5O2. The van der Waals surface area contributed by atoms with E-state index in [1.54, 1.807) is 7.11 Å². The molecule has 146 valence electrons. The van der Waals surface area contributed by atoms with Crippen LogP contribution < -0.4 is 15.0 Å². The molecule has 27 heavy (non-hydrogen) atoms. The van der Waals surface area contributed by atoms with Crippen LogP contribution in [0.4, 0.5) is 5.69 Å². The van der Waals surface area contributed by atoms with Crippen LogP contribution in [-0.4, -0.2) is 55.8 Å². The highest BCUT2D eigenvalue weighted by molar-refractivity contribution is 5.80. The topological polar surface area (TPSA) is 66.1 Å². The Balaban J connectivity index is 1.59. The van der Waals surface area contributed by atoms with Crippen molar-refractivity contribution in [2.45, 2.75) is 26.8 Å². The average molecular weight is 371 g/mol. The van der Waals surface area contributed by atoms with Crippen molar-refractivity contribution < 1.29 is 9.26 Å². The molecule has 3 rings (SSSR count). The van der Waals surface area contributed by atoms with Gasteiger partial charge in [0.1, 0.15) is 12.3 Å². The second kappa shape index (κ2) is 9.30. The molecule has 0 saturated carbocycles. The fraction of sp³-hybridized carbons (Fsp3) is 0.500. The maximum absolute atomic E-state index is 5.34. The lowest BCUT2D eigenvalue weighted by atomic mass is 10.2. The number of ether oxygens (including phenoxy) is 1. The molecule has 1 aliphatic rings. The highest BCUT2D eigenvalue weighted by Gasteiger charge is 2.20. The first-order chi connectivity index (χ1) is 13.2. The molecule has 1 saturated heterocycles. The van der Waals surface area contributed by atoms with E-state index >= 15 is 0 Å². The van der Waals surface area contributed by atoms with Crippen LogP contribution in [0.3, 0.4) is 0 Å². The van der Waals surface area contributed by atoms with Gasteiger partial charge < -0.3 is 24.4 Å². The standard InChI is InChI=1S/C20H29N5O2/c1-4-16-14-19(27-23-16)15-22-20(21-5-2)25-12-10-24(11-13-25)17-6-8-18(26-3)9-7-17/h6-9,14H,4-5,10-13,15H2,1-3H3,(H,21,22). The number of anilines is 1. The Morgan fingerprint density at radius 2 is 1.93 bits per heavy atom. The summed E-state index contributed by atoms with van der Waals surface area (Å²) in [4.78, 5) is 9.44. The third-order valence-corrected chi connectivity index (χ3v) is 4.71. The summed E-state index contributed by atoms with van der Waals surface area (Å²) in [6.45, 7) is 9.27. The molecule has 1 aromatic carbocycles. The summed E-state index contributed by atoms with van der Waals surface area (Å²) >= 11 is 0. The van der Waals surface area contributed by atoms with Crippen LogP contribution in [0, 0.1) is 0 Å². The van der Waals surface area contributed by atoms with Gasteiger partial charge in [-0.25, -0.2) is 4.99 Å². The Kier molecular flexibility index (Phi) is 6.57. The average Bonchev–Trinajstić information content (AvgIpc) is 3.19. The van der Waals surface area contributed by atoms with E-state index in [9.17, 15) is 0 Å². The van der Waals surface area contributed by atoms with Crippen LogP contribution in [-0.2, 0) is 13.0 Å². The molecule has 0 bridgehead atoms. The van der Waals surface area contributed by atoms with Crippen molar-refractivity contribution in [2.75, 3.05) is 44.7 Å². The zero-order valence-electron chi connectivity index (χ0n) is 16.4. The number of methoxy groups -OCH3 is 1. The van der Waals surface area contributed by atoms with E-state index in [2.05, 4.69) is 46.3 Å². The molecule has 2 heterocycles. The molecule has 0 atom stereocenters. The van der Waals surface area contributed by atoms with E-state index in [4.69, 9.17) is 14.3 Å². The summed E-state index contributed by atoms with van der Waals surface area (Å²) < 4.78 is 10.6. The van der Waals surface area contributed by atoms with Gasteiger partial charge in [0.2, 0.25) is 0 Å². The first kappa shape index (κ1) is 19.1. The van der Waals surface area contributed by atoms with Crippen molar-refractivity contribution in [3.8, 4) is 5.75 Å². The smallest absolute Gasteiger partial charge is 0.194 e. The highest BCUT2D eigenvalue weighted by atomic mass is 16.5. The maximum atomic E-state index is 5.34. The summed E-state index contributed by atoms with van der Waals surface area (Å²) in [7, 11) is 1.69. The minimum atomic E-state index is 0.508. The second-order valence-corrected chi connectivity index (χ2v) is 6.48. The van der Waals surface area contributed by atoms with E-state index < -0.39 is 0 Å². The number of benzene rings is 1. The summed E-state index contributed by atoms with van der Waals surface area (Å²) in [6.07, 6.45) is 0.876. The molecule has 0 unspecified atom stereocenters. The Hall–Kier alpha value is -2.70. The van der Waals surface area contributed by atoms with Gasteiger partial charge in [-0.1, -0.05) is 12.1 Å². The Labute approximate surface area is 161 Å². The van der Waals surface area contributed by atoms with E-state index in [0.29, 0.717) is 6.54 Å². The Morgan fingerprint density at radius 3 is 2.52 bits per heavy atom. The van der Waals surface area contributed by atoms with Crippen molar-refractivity contribution in [3.63, 3.8) is 0 Å². The van der Waals surface area contributed by atoms with Gasteiger partial charge in [0.25, 0.3) is 0 Å². The molecule has 0 aliphatic carbocycles. The minimum absolute atomic E-state index is 0.508. The van der Waals surface area contributed by atoms with Crippen LogP contribution in [0.25, 0.3) is 0 Å². The molecular weight excluding hydrogens is 342 g/mol. The lowest BCUT2D eigenvalue weighted by molar-refractivity contribution is 0.364. The summed E-state index contributed by atoms with van der Waals surface area (Å²) in [5, 5.41) is 7.42. The van der Waals surface area contributed by atoms with E-state index in [1.807, 2.05) is 18.2 Å². The van der Waals surface area contributed by atoms with Gasteiger partial charge in [-0.05, 0) is 37.6 Å². The van der Waals surface area contributed by atoms with Crippen LogP contribution in [0.2, 0.25) is 0 Å². The molecule has 7 nitrogen and oxygen atoms in total. The zero-order valence-corrected chi connectivity index (χ0v) is 16.4. The largest absolute Gasteiger partial charge is 0.497 e. The number of nitrogens with zero attached hydrogens (tertiary/aromatic N) is 4. The van der Waals surface area contributed by atoms with Crippen LogP contribution >= 0.6 is 0 Å². The zero-order chi connectivity index (χ0) is 19.1. The van der Waals surface area contributed by atoms with Crippen molar-refractivity contribution in [2.24, 2.45) is 4.99 Å². The number of rotatable bonds is 6. The predicted molar refractivity (Wildman–Crippen MR) is 107 cm³/mol. The van der Waals surface area contributed by atoms with Crippen LogP contribution in [0.5, 0.6) is 5.75 Å². The molecule has 0 spiro atoms. The monoisotopic (exact) mass is 371 g/mol. The number of nitrogens with one attached hydrogen (secondary N) is 1. The second-order valence-electron chi connectivity index (χ2n) is 6.48. The van der Waals surface area contributed by atoms with Gasteiger partial charge in [0, 0.05) is 44.5 Å². The van der Waals surface area contributed by atoms with Gasteiger partial charge in [0.05, 0.1) is 12.8 Å². The van der Waals surface area contributed by atoms with Crippen molar-refractivity contribution in [3.05, 3.63) is 41.8 Å². The normalized spacial score (nSPS) is 15.1. The molecule has 0 radical (unpaired) electrons. The first-order valence-corrected chi connectivity index (χ1v) is 9.60. The number of aryl methyl sites for hydroxylation is 1. The van der Waals surface area contributed by atoms with E-state index in [-0.39, 0.29) is 0 Å². The number of hydrogen-bond acceptors (Lipinski definition) is 5. The number of hydrogen-bond donors (Lipinski definition) is 1. The molecule has 7 heteroatoms. The quantitative estimate of drug-likeness (QED) is 0.622. The van der Waals surface area contributed by atoms with Gasteiger partial charge in [-0.2, -0.15) is 0 Å². The number of piperazine rings is 1. The molecule has 0 amide bonds. The van der Waals surface area contributed by atoms with Gasteiger partial charge >= 0.3 is 0 Å². The Bertz CT molecular complexity index is 733. The van der Waals surface area contributed by atoms with Crippen LogP contribution in [0.15, 0.2) is 39.8 Å². The third-order valence-electron chi connectivity index (χ3n) is 4.71. The summed E-state index contributed by atoms with van der Waals surface area (Å²) in [5.74, 6) is 2.62. The SMILES string of the molecule is CCNC(=NCc1cc(CC)no1)N1CCN(c2ccc(OC)cc2)CC1. The first-order valence-electron chi connectivity index (χ1n) is 9.60. The van der Waals surface area contributed by atoms with E-state index in [1.165, 1.54) is 5.69 Å². The lowest BCUT2D eigenvalue weighted by Crippen LogP contribution is -2.52. The summed E-state index contributed by atoms with van der Waals surface area (Å²) in [5.41, 5.74) is 2.20. The molecule has 1 aromatic heterocycles. The number of aliphatic imine (C=N–C) groups is 1.